The average molecular weight is 511 g/mol. The van der Waals surface area contributed by atoms with Crippen molar-refractivity contribution < 1.29 is 23.7 Å². The topological polar surface area (TPSA) is 104 Å². The Morgan fingerprint density at radius 1 is 0.974 bits per heavy atom. The van der Waals surface area contributed by atoms with Gasteiger partial charge in [0.05, 0.1) is 20.1 Å². The third-order valence-electron chi connectivity index (χ3n) is 6.35. The van der Waals surface area contributed by atoms with Gasteiger partial charge >= 0.3 is 5.97 Å². The molecule has 0 saturated heterocycles. The maximum absolute atomic E-state index is 12.5. The molecule has 7 heteroatoms. The van der Waals surface area contributed by atoms with E-state index in [0.717, 1.165) is 5.56 Å². The number of hydrogen-bond acceptors (Lipinski definition) is 7. The van der Waals surface area contributed by atoms with E-state index in [9.17, 15) is 10.1 Å². The van der Waals surface area contributed by atoms with E-state index in [1.54, 1.807) is 56.7 Å². The third kappa shape index (κ3) is 5.50. The summed E-state index contributed by atoms with van der Waals surface area (Å²) in [6.45, 7) is 6.45. The molecule has 1 atom stereocenters. The minimum atomic E-state index is -0.561. The Hall–Kier alpha value is -4.70. The highest BCUT2D eigenvalue weighted by atomic mass is 16.5. The van der Waals surface area contributed by atoms with E-state index >= 15 is 0 Å². The van der Waals surface area contributed by atoms with Crippen LogP contribution < -0.4 is 24.7 Å². The van der Waals surface area contributed by atoms with Crippen molar-refractivity contribution in [3.8, 4) is 29.1 Å². The first kappa shape index (κ1) is 26.4. The number of benzene rings is 3. The Kier molecular flexibility index (Phi) is 7.45. The Bertz CT molecular complexity index is 1460. The fourth-order valence-electron chi connectivity index (χ4n) is 4.29. The van der Waals surface area contributed by atoms with Crippen LogP contribution in [0.15, 0.2) is 78.2 Å². The summed E-state index contributed by atoms with van der Waals surface area (Å²) in [4.78, 5) is 12.5. The van der Waals surface area contributed by atoms with E-state index in [1.165, 1.54) is 11.6 Å². The van der Waals surface area contributed by atoms with Crippen LogP contribution in [0.4, 0.5) is 0 Å². The minimum Gasteiger partial charge on any atom is -0.497 e. The van der Waals surface area contributed by atoms with Gasteiger partial charge in [0, 0.05) is 23.3 Å². The number of carbonyl (C=O) groups is 1. The van der Waals surface area contributed by atoms with Crippen LogP contribution in [-0.4, -0.2) is 20.2 Å². The maximum Gasteiger partial charge on any atom is 0.336 e. The summed E-state index contributed by atoms with van der Waals surface area (Å²) in [6.07, 6.45) is 3.08. The average Bonchev–Trinajstić information content (AvgIpc) is 2.90. The number of nitrogens with zero attached hydrogens (tertiary/aromatic N) is 1. The van der Waals surface area contributed by atoms with Crippen molar-refractivity contribution in [2.45, 2.75) is 32.1 Å². The molecule has 7 nitrogen and oxygen atoms in total. The van der Waals surface area contributed by atoms with Gasteiger partial charge in [0.15, 0.2) is 0 Å². The molecule has 0 fully saturated rings. The van der Waals surface area contributed by atoms with Crippen LogP contribution in [0.5, 0.6) is 23.0 Å². The van der Waals surface area contributed by atoms with E-state index in [-0.39, 0.29) is 22.6 Å². The number of rotatable bonds is 6. The fourth-order valence-corrected chi connectivity index (χ4v) is 4.29. The lowest BCUT2D eigenvalue weighted by Crippen LogP contribution is -2.21. The third-order valence-corrected chi connectivity index (χ3v) is 6.35. The lowest BCUT2D eigenvalue weighted by molar-refractivity contribution is -0.128. The van der Waals surface area contributed by atoms with Crippen molar-refractivity contribution in [1.82, 2.24) is 0 Å². The quantitative estimate of drug-likeness (QED) is 0.252. The zero-order valence-electron chi connectivity index (χ0n) is 22.1. The summed E-state index contributed by atoms with van der Waals surface area (Å²) in [6, 6.07) is 20.5. The monoisotopic (exact) mass is 510 g/mol. The first-order valence-electron chi connectivity index (χ1n) is 12.1. The zero-order chi connectivity index (χ0) is 27.4. The normalized spacial score (nSPS) is 14.9. The molecule has 1 aliphatic rings. The van der Waals surface area contributed by atoms with E-state index in [2.05, 4.69) is 26.8 Å². The second kappa shape index (κ2) is 10.7. The number of allylic oxidation sites excluding steroid dienone is 1. The highest BCUT2D eigenvalue weighted by molar-refractivity contribution is 5.88. The largest absolute Gasteiger partial charge is 0.497 e. The molecular weight excluding hydrogens is 480 g/mol. The Morgan fingerprint density at radius 2 is 1.68 bits per heavy atom. The summed E-state index contributed by atoms with van der Waals surface area (Å²) >= 11 is 0. The molecule has 2 N–H and O–H groups in total. The van der Waals surface area contributed by atoms with Crippen molar-refractivity contribution in [3.63, 3.8) is 0 Å². The first-order chi connectivity index (χ1) is 18.1. The van der Waals surface area contributed by atoms with Crippen LogP contribution >= 0.6 is 0 Å². The molecule has 0 aromatic heterocycles. The molecule has 38 heavy (non-hydrogen) atoms. The van der Waals surface area contributed by atoms with Gasteiger partial charge < -0.3 is 24.7 Å². The number of ether oxygens (including phenoxy) is 4. The number of fused-ring (bicyclic) bond motifs is 1. The van der Waals surface area contributed by atoms with Gasteiger partial charge in [0.2, 0.25) is 5.88 Å². The summed E-state index contributed by atoms with van der Waals surface area (Å²) in [5, 5.41) is 9.87. The molecule has 1 unspecified atom stereocenters. The van der Waals surface area contributed by atoms with Crippen LogP contribution in [-0.2, 0) is 10.2 Å². The van der Waals surface area contributed by atoms with Gasteiger partial charge in [-0.15, -0.1) is 0 Å². The van der Waals surface area contributed by atoms with Crippen molar-refractivity contribution in [2.24, 2.45) is 5.73 Å². The van der Waals surface area contributed by atoms with Crippen molar-refractivity contribution in [3.05, 3.63) is 100 Å². The molecule has 0 saturated carbocycles. The van der Waals surface area contributed by atoms with Crippen molar-refractivity contribution >= 4 is 12.0 Å². The number of carbonyl (C=O) groups excluding carboxylic acids is 1. The minimum absolute atomic E-state index is 0.0306. The number of hydrogen-bond donors (Lipinski definition) is 1. The summed E-state index contributed by atoms with van der Waals surface area (Å²) in [5.41, 5.74) is 9.91. The molecule has 4 rings (SSSR count). The molecular formula is C31H30N2O5. The van der Waals surface area contributed by atoms with Gasteiger partial charge in [0.25, 0.3) is 0 Å². The fraction of sp³-hybridized carbons (Fsp3) is 0.226. The molecule has 3 aromatic carbocycles. The van der Waals surface area contributed by atoms with Gasteiger partial charge in [-0.25, -0.2) is 4.79 Å². The molecule has 194 valence electrons. The van der Waals surface area contributed by atoms with Gasteiger partial charge in [-0.2, -0.15) is 5.26 Å². The predicted octanol–water partition coefficient (Wildman–Crippen LogP) is 5.84. The van der Waals surface area contributed by atoms with E-state index < -0.39 is 11.9 Å². The SMILES string of the molecule is COc1ccc(OC)c(C2C(C#N)=C(N)Oc3cc(OC(=O)/C=C/c4ccc(C(C)(C)C)cc4)ccc32)c1. The molecule has 0 aliphatic carbocycles. The predicted molar refractivity (Wildman–Crippen MR) is 145 cm³/mol. The highest BCUT2D eigenvalue weighted by Gasteiger charge is 2.33. The van der Waals surface area contributed by atoms with Crippen LogP contribution in [0.3, 0.4) is 0 Å². The molecule has 0 bridgehead atoms. The van der Waals surface area contributed by atoms with Crippen molar-refractivity contribution in [2.75, 3.05) is 14.2 Å². The van der Waals surface area contributed by atoms with Gasteiger partial charge in [0.1, 0.15) is 34.6 Å². The number of esters is 1. The zero-order valence-corrected chi connectivity index (χ0v) is 22.1. The van der Waals surface area contributed by atoms with Crippen LogP contribution in [0.25, 0.3) is 6.08 Å². The molecule has 0 amide bonds. The molecule has 1 heterocycles. The lowest BCUT2D eigenvalue weighted by atomic mass is 9.83. The summed E-state index contributed by atoms with van der Waals surface area (Å²) in [7, 11) is 3.12. The second-order valence-electron chi connectivity index (χ2n) is 9.86. The van der Waals surface area contributed by atoms with Gasteiger partial charge in [-0.3, -0.25) is 0 Å². The standard InChI is InChI=1S/C31H30N2O5/c1-31(2,3)20-9-6-19(7-10-20)8-15-28(34)37-22-11-13-23-27(17-22)38-30(33)25(18-32)29(23)24-16-21(35-4)12-14-26(24)36-5/h6-17,29H,33H2,1-5H3/b15-8+. The summed E-state index contributed by atoms with van der Waals surface area (Å²) < 4.78 is 22.2. The van der Waals surface area contributed by atoms with Gasteiger partial charge in [-0.05, 0) is 46.9 Å². The Morgan fingerprint density at radius 3 is 2.32 bits per heavy atom. The molecule has 0 radical (unpaired) electrons. The van der Waals surface area contributed by atoms with E-state index in [4.69, 9.17) is 24.7 Å². The van der Waals surface area contributed by atoms with E-state index in [1.807, 2.05) is 24.3 Å². The molecule has 0 spiro atoms. The Balaban J connectivity index is 1.59. The Labute approximate surface area is 222 Å². The smallest absolute Gasteiger partial charge is 0.336 e. The first-order valence-corrected chi connectivity index (χ1v) is 12.1. The van der Waals surface area contributed by atoms with Crippen molar-refractivity contribution in [1.29, 1.82) is 5.26 Å². The second-order valence-corrected chi connectivity index (χ2v) is 9.86. The van der Waals surface area contributed by atoms with Crippen LogP contribution in [0, 0.1) is 11.3 Å². The highest BCUT2D eigenvalue weighted by Crippen LogP contribution is 2.46. The van der Waals surface area contributed by atoms with Crippen LogP contribution in [0.1, 0.15) is 48.9 Å². The van der Waals surface area contributed by atoms with Gasteiger partial charge in [-0.1, -0.05) is 51.1 Å². The summed E-state index contributed by atoms with van der Waals surface area (Å²) in [5.74, 6) is 0.712. The molecule has 1 aliphatic heterocycles. The number of nitrogens with two attached hydrogens (primary N) is 1. The number of methoxy groups -OCH3 is 2. The number of nitriles is 1. The van der Waals surface area contributed by atoms with Crippen LogP contribution in [0.2, 0.25) is 0 Å². The molecule has 3 aromatic rings. The maximum atomic E-state index is 12.5. The van der Waals surface area contributed by atoms with E-state index in [0.29, 0.717) is 28.4 Å². The lowest BCUT2D eigenvalue weighted by Gasteiger charge is -2.28.